The second-order valence-electron chi connectivity index (χ2n) is 6.20. The minimum absolute atomic E-state index is 0.130. The van der Waals surface area contributed by atoms with Crippen molar-refractivity contribution in [3.05, 3.63) is 94.0 Å². The zero-order valence-corrected chi connectivity index (χ0v) is 15.4. The highest BCUT2D eigenvalue weighted by atomic mass is 35.5. The van der Waals surface area contributed by atoms with Crippen LogP contribution in [0.2, 0.25) is 5.02 Å². The van der Waals surface area contributed by atoms with Crippen molar-refractivity contribution in [3.63, 3.8) is 0 Å². The van der Waals surface area contributed by atoms with E-state index >= 15 is 0 Å². The summed E-state index contributed by atoms with van der Waals surface area (Å²) >= 11 is 5.91. The summed E-state index contributed by atoms with van der Waals surface area (Å²) in [5.74, 6) is 1.40. The number of allylic oxidation sites excluding steroid dienone is 1. The van der Waals surface area contributed by atoms with Gasteiger partial charge in [-0.05, 0) is 60.5 Å². The molecule has 0 aliphatic carbocycles. The Bertz CT molecular complexity index is 1030. The van der Waals surface area contributed by atoms with Crippen molar-refractivity contribution in [2.45, 2.75) is 13.5 Å². The van der Waals surface area contributed by atoms with Gasteiger partial charge in [0.2, 0.25) is 5.78 Å². The van der Waals surface area contributed by atoms with Gasteiger partial charge in [0.15, 0.2) is 5.76 Å². The van der Waals surface area contributed by atoms with Crippen LogP contribution in [0.1, 0.15) is 27.0 Å². The third-order valence-electron chi connectivity index (χ3n) is 4.35. The van der Waals surface area contributed by atoms with Gasteiger partial charge in [-0.3, -0.25) is 9.78 Å². The molecule has 0 radical (unpaired) electrons. The predicted octanol–water partition coefficient (Wildman–Crippen LogP) is 5.24. The SMILES string of the molecule is Cc1c(OCc2ccc(Cl)cc2)ccc2c1O/C(=C\c1ccncc1)C2=O. The van der Waals surface area contributed by atoms with Crippen LogP contribution in [0.4, 0.5) is 0 Å². The van der Waals surface area contributed by atoms with Crippen LogP contribution in [0.5, 0.6) is 11.5 Å². The first kappa shape index (κ1) is 17.3. The minimum Gasteiger partial charge on any atom is -0.488 e. The maximum Gasteiger partial charge on any atom is 0.231 e. The average Bonchev–Trinajstić information content (AvgIpc) is 3.00. The Morgan fingerprint density at radius 3 is 2.56 bits per heavy atom. The summed E-state index contributed by atoms with van der Waals surface area (Å²) in [6.45, 7) is 2.29. The van der Waals surface area contributed by atoms with Crippen LogP contribution in [0, 0.1) is 6.92 Å². The molecule has 0 unspecified atom stereocenters. The van der Waals surface area contributed by atoms with Gasteiger partial charge in [-0.2, -0.15) is 0 Å². The van der Waals surface area contributed by atoms with Crippen molar-refractivity contribution in [1.82, 2.24) is 4.98 Å². The van der Waals surface area contributed by atoms with E-state index in [1.54, 1.807) is 30.6 Å². The molecular formula is C22H16ClNO3. The standard InChI is InChI=1S/C22H16ClNO3/c1-14-19(26-13-16-2-4-17(23)5-3-16)7-6-18-21(25)20(27-22(14)18)12-15-8-10-24-11-9-15/h2-12H,13H2,1H3/b20-12-. The number of fused-ring (bicyclic) bond motifs is 1. The Morgan fingerprint density at radius 2 is 1.81 bits per heavy atom. The Morgan fingerprint density at radius 1 is 1.07 bits per heavy atom. The number of carbonyl (C=O) groups is 1. The van der Waals surface area contributed by atoms with Crippen LogP contribution in [-0.4, -0.2) is 10.8 Å². The van der Waals surface area contributed by atoms with Crippen LogP contribution in [0.25, 0.3) is 6.08 Å². The highest BCUT2D eigenvalue weighted by molar-refractivity contribution is 6.30. The predicted molar refractivity (Wildman–Crippen MR) is 104 cm³/mol. The molecule has 0 saturated heterocycles. The number of ether oxygens (including phenoxy) is 2. The van der Waals surface area contributed by atoms with Crippen LogP contribution in [-0.2, 0) is 6.61 Å². The number of hydrogen-bond acceptors (Lipinski definition) is 4. The number of hydrogen-bond donors (Lipinski definition) is 0. The summed E-state index contributed by atoms with van der Waals surface area (Å²) < 4.78 is 11.8. The first-order valence-electron chi connectivity index (χ1n) is 8.47. The van der Waals surface area contributed by atoms with Crippen molar-refractivity contribution in [2.24, 2.45) is 0 Å². The molecule has 1 aromatic heterocycles. The summed E-state index contributed by atoms with van der Waals surface area (Å²) in [4.78, 5) is 16.6. The molecule has 3 aromatic rings. The van der Waals surface area contributed by atoms with Crippen LogP contribution >= 0.6 is 11.6 Å². The highest BCUT2D eigenvalue weighted by Crippen LogP contribution is 2.39. The van der Waals surface area contributed by atoms with E-state index in [0.717, 1.165) is 16.7 Å². The van der Waals surface area contributed by atoms with E-state index < -0.39 is 0 Å². The van der Waals surface area contributed by atoms with Gasteiger partial charge in [-0.1, -0.05) is 23.7 Å². The number of halogens is 1. The lowest BCUT2D eigenvalue weighted by atomic mass is 10.1. The van der Waals surface area contributed by atoms with Gasteiger partial charge >= 0.3 is 0 Å². The van der Waals surface area contributed by atoms with E-state index in [1.807, 2.05) is 43.3 Å². The van der Waals surface area contributed by atoms with E-state index in [0.29, 0.717) is 34.5 Å². The Hall–Kier alpha value is -3.11. The normalized spacial score (nSPS) is 14.1. The molecular weight excluding hydrogens is 362 g/mol. The number of pyridine rings is 1. The number of benzene rings is 2. The van der Waals surface area contributed by atoms with Crippen molar-refractivity contribution in [1.29, 1.82) is 0 Å². The van der Waals surface area contributed by atoms with E-state index in [-0.39, 0.29) is 5.78 Å². The second-order valence-corrected chi connectivity index (χ2v) is 6.64. The molecule has 1 aliphatic heterocycles. The van der Waals surface area contributed by atoms with Gasteiger partial charge in [-0.25, -0.2) is 0 Å². The van der Waals surface area contributed by atoms with Crippen molar-refractivity contribution >= 4 is 23.5 Å². The Balaban J connectivity index is 1.56. The molecule has 1 aliphatic rings. The molecule has 27 heavy (non-hydrogen) atoms. The van der Waals surface area contributed by atoms with Crippen LogP contribution in [0.15, 0.2) is 66.7 Å². The third kappa shape index (κ3) is 3.57. The molecule has 0 amide bonds. The summed E-state index contributed by atoms with van der Waals surface area (Å²) in [7, 11) is 0. The average molecular weight is 378 g/mol. The van der Waals surface area contributed by atoms with Gasteiger partial charge in [0.25, 0.3) is 0 Å². The summed E-state index contributed by atoms with van der Waals surface area (Å²) in [6, 6.07) is 14.7. The zero-order chi connectivity index (χ0) is 18.8. The quantitative estimate of drug-likeness (QED) is 0.583. The lowest BCUT2D eigenvalue weighted by Gasteiger charge is -2.11. The number of aromatic nitrogens is 1. The van der Waals surface area contributed by atoms with E-state index in [1.165, 1.54) is 0 Å². The smallest absolute Gasteiger partial charge is 0.231 e. The maximum atomic E-state index is 12.6. The van der Waals surface area contributed by atoms with Gasteiger partial charge in [-0.15, -0.1) is 0 Å². The first-order valence-corrected chi connectivity index (χ1v) is 8.85. The van der Waals surface area contributed by atoms with Crippen LogP contribution in [0.3, 0.4) is 0 Å². The number of carbonyl (C=O) groups excluding carboxylic acids is 1. The minimum atomic E-state index is -0.130. The van der Waals surface area contributed by atoms with E-state index in [9.17, 15) is 4.79 Å². The molecule has 5 heteroatoms. The molecule has 0 saturated carbocycles. The molecule has 2 heterocycles. The Labute approximate surface area is 162 Å². The molecule has 4 nitrogen and oxygen atoms in total. The monoisotopic (exact) mass is 377 g/mol. The summed E-state index contributed by atoms with van der Waals surface area (Å²) in [5.41, 5.74) is 3.21. The molecule has 0 bridgehead atoms. The molecule has 2 aromatic carbocycles. The fraction of sp³-hybridized carbons (Fsp3) is 0.0909. The molecule has 0 fully saturated rings. The largest absolute Gasteiger partial charge is 0.488 e. The van der Waals surface area contributed by atoms with Gasteiger partial charge < -0.3 is 9.47 Å². The zero-order valence-electron chi connectivity index (χ0n) is 14.6. The van der Waals surface area contributed by atoms with Gasteiger partial charge in [0.1, 0.15) is 18.1 Å². The second kappa shape index (κ2) is 7.25. The van der Waals surface area contributed by atoms with Crippen molar-refractivity contribution in [3.8, 4) is 11.5 Å². The number of nitrogens with zero attached hydrogens (tertiary/aromatic N) is 1. The first-order chi connectivity index (χ1) is 13.1. The molecule has 0 spiro atoms. The molecule has 4 rings (SSSR count). The highest BCUT2D eigenvalue weighted by Gasteiger charge is 2.30. The Kier molecular flexibility index (Phi) is 4.65. The van der Waals surface area contributed by atoms with Gasteiger partial charge in [0, 0.05) is 23.0 Å². The summed E-state index contributed by atoms with van der Waals surface area (Å²) in [5, 5.41) is 0.688. The third-order valence-corrected chi connectivity index (χ3v) is 4.60. The number of Topliss-reactive ketones (excluding diaryl/α,β-unsaturated/α-hetero) is 1. The topological polar surface area (TPSA) is 48.4 Å². The van der Waals surface area contributed by atoms with E-state index in [2.05, 4.69) is 4.98 Å². The summed E-state index contributed by atoms with van der Waals surface area (Å²) in [6.07, 6.45) is 5.07. The fourth-order valence-corrected chi connectivity index (χ4v) is 3.00. The van der Waals surface area contributed by atoms with Gasteiger partial charge in [0.05, 0.1) is 5.56 Å². The van der Waals surface area contributed by atoms with E-state index in [4.69, 9.17) is 21.1 Å². The lowest BCUT2D eigenvalue weighted by Crippen LogP contribution is -1.98. The number of ketones is 1. The van der Waals surface area contributed by atoms with Crippen molar-refractivity contribution < 1.29 is 14.3 Å². The maximum absolute atomic E-state index is 12.6. The number of rotatable bonds is 4. The fourth-order valence-electron chi connectivity index (χ4n) is 2.88. The molecule has 0 N–H and O–H groups in total. The molecule has 0 atom stereocenters. The van der Waals surface area contributed by atoms with Crippen molar-refractivity contribution in [2.75, 3.05) is 0 Å². The molecule has 134 valence electrons. The van der Waals surface area contributed by atoms with Crippen LogP contribution < -0.4 is 9.47 Å². The lowest BCUT2D eigenvalue weighted by molar-refractivity contribution is 0.101.